The molecule has 0 aromatic carbocycles. The number of nitrogens with one attached hydrogen (secondary N) is 1. The third kappa shape index (κ3) is 6.37. The number of likely N-dealkylation sites (N-methyl/N-ethyl adjacent to an activating group) is 1. The van der Waals surface area contributed by atoms with E-state index in [-0.39, 0.29) is 6.17 Å². The maximum atomic E-state index is 4.15. The van der Waals surface area contributed by atoms with Crippen LogP contribution in [0.5, 0.6) is 0 Å². The minimum absolute atomic E-state index is 0.254. The van der Waals surface area contributed by atoms with Crippen LogP contribution >= 0.6 is 0 Å². The van der Waals surface area contributed by atoms with E-state index in [0.717, 1.165) is 38.0 Å². The van der Waals surface area contributed by atoms with Gasteiger partial charge in [-0.25, -0.2) is 0 Å². The molecular formula is C31H47N3. The van der Waals surface area contributed by atoms with Crippen molar-refractivity contribution in [3.05, 3.63) is 81.9 Å². The van der Waals surface area contributed by atoms with Gasteiger partial charge < -0.3 is 15.1 Å². The van der Waals surface area contributed by atoms with Crippen molar-refractivity contribution in [3.8, 4) is 0 Å². The molecule has 0 saturated carbocycles. The van der Waals surface area contributed by atoms with Crippen LogP contribution < -0.4 is 5.32 Å². The Bertz CT molecular complexity index is 953. The zero-order valence-corrected chi connectivity index (χ0v) is 22.8. The third-order valence-corrected chi connectivity index (χ3v) is 7.81. The Labute approximate surface area is 209 Å². The summed E-state index contributed by atoms with van der Waals surface area (Å²) >= 11 is 0. The summed E-state index contributed by atoms with van der Waals surface area (Å²) in [7, 11) is 2.23. The first-order valence-electron chi connectivity index (χ1n) is 13.2. The molecule has 0 aromatic heterocycles. The summed E-state index contributed by atoms with van der Waals surface area (Å²) in [5.41, 5.74) is 11.2. The topological polar surface area (TPSA) is 18.5 Å². The molecule has 0 amide bonds. The molecule has 1 N–H and O–H groups in total. The Balaban J connectivity index is 1.64. The molecule has 3 aliphatic rings. The van der Waals surface area contributed by atoms with E-state index in [4.69, 9.17) is 0 Å². The van der Waals surface area contributed by atoms with Crippen LogP contribution in [0.15, 0.2) is 81.9 Å². The van der Waals surface area contributed by atoms with Gasteiger partial charge in [0.05, 0.1) is 12.2 Å². The predicted molar refractivity (Wildman–Crippen MR) is 148 cm³/mol. The Kier molecular flexibility index (Phi) is 9.10. The lowest BCUT2D eigenvalue weighted by atomic mass is 9.87. The molecule has 0 fully saturated rings. The molecule has 3 rings (SSSR count). The highest BCUT2D eigenvalue weighted by Crippen LogP contribution is 2.32. The molecule has 2 heterocycles. The SMILES string of the molecule is C=C(C)N1CCC2=C(C1)N(C)C(/C(C)=C(C)/C=C(\C)CCC(CCC)C1=CCC=C(C)C=C1)N2. The van der Waals surface area contributed by atoms with Crippen molar-refractivity contribution < 1.29 is 0 Å². The van der Waals surface area contributed by atoms with Crippen molar-refractivity contribution in [2.45, 2.75) is 86.2 Å². The van der Waals surface area contributed by atoms with Gasteiger partial charge in [0, 0.05) is 31.4 Å². The highest BCUT2D eigenvalue weighted by Gasteiger charge is 2.33. The normalized spacial score (nSPS) is 22.6. The minimum atomic E-state index is 0.254. The van der Waals surface area contributed by atoms with E-state index in [2.05, 4.69) is 101 Å². The number of hydrogen-bond donors (Lipinski definition) is 1. The van der Waals surface area contributed by atoms with Gasteiger partial charge in [0.2, 0.25) is 0 Å². The molecule has 2 aliphatic heterocycles. The lowest BCUT2D eigenvalue weighted by molar-refractivity contribution is 0.295. The Morgan fingerprint density at radius 2 is 1.94 bits per heavy atom. The summed E-state index contributed by atoms with van der Waals surface area (Å²) in [6.45, 7) is 19.7. The number of hydrogen-bond acceptors (Lipinski definition) is 3. The molecule has 1 aliphatic carbocycles. The van der Waals surface area contributed by atoms with Gasteiger partial charge in [0.1, 0.15) is 6.17 Å². The smallest absolute Gasteiger partial charge is 0.121 e. The van der Waals surface area contributed by atoms with Crippen molar-refractivity contribution in [2.24, 2.45) is 5.92 Å². The average Bonchev–Trinajstić information content (AvgIpc) is 2.97. The van der Waals surface area contributed by atoms with Crippen LogP contribution in [0.4, 0.5) is 0 Å². The summed E-state index contributed by atoms with van der Waals surface area (Å²) in [6, 6.07) is 0. The van der Waals surface area contributed by atoms with Crippen LogP contribution in [-0.2, 0) is 0 Å². The summed E-state index contributed by atoms with van der Waals surface area (Å²) in [6.07, 6.45) is 19.1. The van der Waals surface area contributed by atoms with Gasteiger partial charge in [-0.05, 0) is 82.9 Å². The van der Waals surface area contributed by atoms with E-state index >= 15 is 0 Å². The van der Waals surface area contributed by atoms with Gasteiger partial charge in [-0.15, -0.1) is 0 Å². The second kappa shape index (κ2) is 11.8. The second-order valence-corrected chi connectivity index (χ2v) is 10.6. The molecule has 0 radical (unpaired) electrons. The van der Waals surface area contributed by atoms with Crippen molar-refractivity contribution in [1.29, 1.82) is 0 Å². The van der Waals surface area contributed by atoms with E-state index < -0.39 is 0 Å². The third-order valence-electron chi connectivity index (χ3n) is 7.81. The van der Waals surface area contributed by atoms with Gasteiger partial charge in [0.15, 0.2) is 0 Å². The predicted octanol–water partition coefficient (Wildman–Crippen LogP) is 7.61. The van der Waals surface area contributed by atoms with Gasteiger partial charge in [-0.2, -0.15) is 0 Å². The first-order chi connectivity index (χ1) is 16.2. The Hall–Kier alpha value is -2.42. The highest BCUT2D eigenvalue weighted by atomic mass is 15.3. The highest BCUT2D eigenvalue weighted by molar-refractivity contribution is 5.35. The number of allylic oxidation sites excluding steroid dienone is 10. The molecule has 2 atom stereocenters. The largest absolute Gasteiger partial charge is 0.369 e. The molecule has 186 valence electrons. The summed E-state index contributed by atoms with van der Waals surface area (Å²) in [5.74, 6) is 0.657. The number of nitrogens with zero attached hydrogens (tertiary/aromatic N) is 2. The first-order valence-corrected chi connectivity index (χ1v) is 13.2. The average molecular weight is 462 g/mol. The zero-order chi connectivity index (χ0) is 24.8. The Morgan fingerprint density at radius 3 is 2.65 bits per heavy atom. The fourth-order valence-electron chi connectivity index (χ4n) is 5.42. The first kappa shape index (κ1) is 26.2. The lowest BCUT2D eigenvalue weighted by Gasteiger charge is -2.32. The van der Waals surface area contributed by atoms with E-state index in [1.165, 1.54) is 58.5 Å². The van der Waals surface area contributed by atoms with Crippen LogP contribution in [0.1, 0.15) is 80.1 Å². The molecule has 3 heteroatoms. The molecule has 0 spiro atoms. The van der Waals surface area contributed by atoms with Crippen LogP contribution in [0.3, 0.4) is 0 Å². The molecule has 34 heavy (non-hydrogen) atoms. The standard InChI is InChI=1S/C31H47N3/c1-9-11-27(28-13-10-12-23(4)14-16-28)17-15-24(5)20-25(6)26(7)31-32-29-18-19-34(22(2)3)21-30(29)33(31)8/h12-14,16,20,27,31-32H,2,9-11,15,17-19,21H2,1,3-8H3/b24-20+,26-25+. The van der Waals surface area contributed by atoms with Gasteiger partial charge in [0.25, 0.3) is 0 Å². The monoisotopic (exact) mass is 461 g/mol. The van der Waals surface area contributed by atoms with Crippen LogP contribution in [-0.4, -0.2) is 36.1 Å². The quantitative estimate of drug-likeness (QED) is 0.356. The Morgan fingerprint density at radius 1 is 1.18 bits per heavy atom. The summed E-state index contributed by atoms with van der Waals surface area (Å²) in [4.78, 5) is 4.82. The van der Waals surface area contributed by atoms with Crippen LogP contribution in [0.25, 0.3) is 0 Å². The molecule has 0 aromatic rings. The fourth-order valence-corrected chi connectivity index (χ4v) is 5.42. The molecular weight excluding hydrogens is 414 g/mol. The van der Waals surface area contributed by atoms with E-state index in [1.54, 1.807) is 0 Å². The van der Waals surface area contributed by atoms with Crippen molar-refractivity contribution in [2.75, 3.05) is 20.1 Å². The van der Waals surface area contributed by atoms with Crippen molar-refractivity contribution in [1.82, 2.24) is 15.1 Å². The van der Waals surface area contributed by atoms with E-state index in [9.17, 15) is 0 Å². The van der Waals surface area contributed by atoms with Gasteiger partial charge in [-0.3, -0.25) is 0 Å². The van der Waals surface area contributed by atoms with Crippen LogP contribution in [0, 0.1) is 5.92 Å². The van der Waals surface area contributed by atoms with Gasteiger partial charge >= 0.3 is 0 Å². The zero-order valence-electron chi connectivity index (χ0n) is 22.8. The second-order valence-electron chi connectivity index (χ2n) is 10.6. The lowest BCUT2D eigenvalue weighted by Crippen LogP contribution is -2.37. The summed E-state index contributed by atoms with van der Waals surface area (Å²) < 4.78 is 0. The van der Waals surface area contributed by atoms with E-state index in [0.29, 0.717) is 5.92 Å². The van der Waals surface area contributed by atoms with Crippen LogP contribution in [0.2, 0.25) is 0 Å². The molecule has 0 bridgehead atoms. The van der Waals surface area contributed by atoms with Gasteiger partial charge in [-0.1, -0.05) is 61.4 Å². The van der Waals surface area contributed by atoms with Crippen molar-refractivity contribution in [3.63, 3.8) is 0 Å². The minimum Gasteiger partial charge on any atom is -0.369 e. The van der Waals surface area contributed by atoms with Crippen molar-refractivity contribution >= 4 is 0 Å². The maximum Gasteiger partial charge on any atom is 0.121 e. The molecule has 0 saturated heterocycles. The molecule has 2 unspecified atom stereocenters. The maximum absolute atomic E-state index is 4.15. The number of rotatable bonds is 9. The fraction of sp³-hybridized carbons (Fsp3) is 0.548. The summed E-state index contributed by atoms with van der Waals surface area (Å²) in [5, 5.41) is 3.82. The van der Waals surface area contributed by atoms with E-state index in [1.807, 2.05) is 0 Å². The molecule has 3 nitrogen and oxygen atoms in total.